The van der Waals surface area contributed by atoms with E-state index in [0.717, 1.165) is 23.1 Å². The van der Waals surface area contributed by atoms with Gasteiger partial charge in [-0.15, -0.1) is 11.3 Å². The number of likely N-dealkylation sites (tertiary alicyclic amines) is 1. The van der Waals surface area contributed by atoms with Crippen LogP contribution in [0.25, 0.3) is 11.0 Å². The van der Waals surface area contributed by atoms with Crippen LogP contribution in [0.2, 0.25) is 0 Å². The predicted molar refractivity (Wildman–Crippen MR) is 94.2 cm³/mol. The van der Waals surface area contributed by atoms with Gasteiger partial charge in [0.05, 0.1) is 17.3 Å². The fourth-order valence-electron chi connectivity index (χ4n) is 3.34. The molecule has 0 spiro atoms. The van der Waals surface area contributed by atoms with Crippen molar-refractivity contribution in [3.63, 3.8) is 0 Å². The Morgan fingerprint density at radius 3 is 2.92 bits per heavy atom. The molecule has 0 aliphatic carbocycles. The molecule has 4 rings (SSSR count). The first-order valence-electron chi connectivity index (χ1n) is 8.16. The van der Waals surface area contributed by atoms with E-state index in [0.29, 0.717) is 22.7 Å². The van der Waals surface area contributed by atoms with Gasteiger partial charge in [0.15, 0.2) is 5.58 Å². The lowest BCUT2D eigenvalue weighted by molar-refractivity contribution is -0.131. The summed E-state index contributed by atoms with van der Waals surface area (Å²) in [5.41, 5.74) is 6.69. The van der Waals surface area contributed by atoms with E-state index in [9.17, 15) is 9.59 Å². The van der Waals surface area contributed by atoms with Gasteiger partial charge in [-0.1, -0.05) is 17.3 Å². The van der Waals surface area contributed by atoms with Crippen molar-refractivity contribution in [3.8, 4) is 0 Å². The highest BCUT2D eigenvalue weighted by Gasteiger charge is 2.31. The third kappa shape index (κ3) is 2.91. The van der Waals surface area contributed by atoms with Crippen LogP contribution in [-0.2, 0) is 11.2 Å². The van der Waals surface area contributed by atoms with E-state index in [-0.39, 0.29) is 18.4 Å². The average Bonchev–Trinajstić information content (AvgIpc) is 3.34. The number of carbonyl (C=O) groups excluding carboxylic acids is 2. The van der Waals surface area contributed by atoms with Crippen molar-refractivity contribution in [2.24, 2.45) is 5.73 Å². The number of fused-ring (bicyclic) bond motifs is 1. The summed E-state index contributed by atoms with van der Waals surface area (Å²) < 4.78 is 5.28. The highest BCUT2D eigenvalue weighted by Crippen LogP contribution is 2.36. The van der Waals surface area contributed by atoms with Crippen molar-refractivity contribution in [1.29, 1.82) is 0 Å². The van der Waals surface area contributed by atoms with Crippen LogP contribution in [-0.4, -0.2) is 28.4 Å². The molecule has 3 aromatic rings. The second-order valence-corrected chi connectivity index (χ2v) is 7.23. The Kier molecular flexibility index (Phi) is 4.01. The SMILES string of the molecule is NC(=O)c1ccc(C2CCCN2C(=O)Cc2noc3ccccc23)s1. The number of rotatable bonds is 4. The van der Waals surface area contributed by atoms with Crippen LogP contribution in [0.15, 0.2) is 40.9 Å². The smallest absolute Gasteiger partial charge is 0.258 e. The topological polar surface area (TPSA) is 89.4 Å². The predicted octanol–water partition coefficient (Wildman–Crippen LogP) is 2.89. The first-order chi connectivity index (χ1) is 12.1. The van der Waals surface area contributed by atoms with Crippen molar-refractivity contribution in [2.75, 3.05) is 6.54 Å². The Balaban J connectivity index is 1.55. The Labute approximate surface area is 148 Å². The molecule has 128 valence electrons. The molecule has 1 saturated heterocycles. The summed E-state index contributed by atoms with van der Waals surface area (Å²) in [6, 6.07) is 11.2. The second kappa shape index (κ2) is 6.33. The van der Waals surface area contributed by atoms with Crippen LogP contribution in [0.3, 0.4) is 0 Å². The van der Waals surface area contributed by atoms with Crippen LogP contribution in [0.5, 0.6) is 0 Å². The summed E-state index contributed by atoms with van der Waals surface area (Å²) in [6.07, 6.45) is 2.05. The largest absolute Gasteiger partial charge is 0.365 e. The first kappa shape index (κ1) is 15.8. The minimum atomic E-state index is -0.429. The van der Waals surface area contributed by atoms with E-state index in [1.54, 1.807) is 6.07 Å². The van der Waals surface area contributed by atoms with Crippen molar-refractivity contribution in [1.82, 2.24) is 10.1 Å². The van der Waals surface area contributed by atoms with Crippen molar-refractivity contribution >= 4 is 34.1 Å². The van der Waals surface area contributed by atoms with Gasteiger partial charge in [0, 0.05) is 16.8 Å². The van der Waals surface area contributed by atoms with Gasteiger partial charge in [0.25, 0.3) is 5.91 Å². The van der Waals surface area contributed by atoms with Crippen LogP contribution >= 0.6 is 11.3 Å². The van der Waals surface area contributed by atoms with Crippen molar-refractivity contribution in [2.45, 2.75) is 25.3 Å². The number of primary amides is 1. The Bertz CT molecular complexity index is 946. The molecule has 1 unspecified atom stereocenters. The molecule has 1 aliphatic rings. The van der Waals surface area contributed by atoms with Gasteiger partial charge in [-0.2, -0.15) is 0 Å². The van der Waals surface area contributed by atoms with E-state index in [4.69, 9.17) is 10.3 Å². The highest BCUT2D eigenvalue weighted by atomic mass is 32.1. The van der Waals surface area contributed by atoms with Gasteiger partial charge in [0.2, 0.25) is 5.91 Å². The number of nitrogens with zero attached hydrogens (tertiary/aromatic N) is 2. The fourth-order valence-corrected chi connectivity index (χ4v) is 4.34. The van der Waals surface area contributed by atoms with Gasteiger partial charge < -0.3 is 15.2 Å². The van der Waals surface area contributed by atoms with Crippen molar-refractivity contribution < 1.29 is 14.1 Å². The molecule has 0 bridgehead atoms. The van der Waals surface area contributed by atoms with Crippen LogP contribution in [0.1, 0.15) is 39.1 Å². The number of aromatic nitrogens is 1. The Hall–Kier alpha value is -2.67. The minimum Gasteiger partial charge on any atom is -0.365 e. The minimum absolute atomic E-state index is 0.00349. The Morgan fingerprint density at radius 2 is 2.12 bits per heavy atom. The molecule has 2 aromatic heterocycles. The molecule has 6 nitrogen and oxygen atoms in total. The molecule has 0 saturated carbocycles. The van der Waals surface area contributed by atoms with Gasteiger partial charge in [0.1, 0.15) is 5.69 Å². The molecule has 1 aromatic carbocycles. The van der Waals surface area contributed by atoms with Gasteiger partial charge in [-0.25, -0.2) is 0 Å². The van der Waals surface area contributed by atoms with Crippen molar-refractivity contribution in [3.05, 3.63) is 51.8 Å². The zero-order valence-electron chi connectivity index (χ0n) is 13.5. The molecule has 1 atom stereocenters. The maximum absolute atomic E-state index is 12.8. The maximum atomic E-state index is 12.8. The first-order valence-corrected chi connectivity index (χ1v) is 8.97. The molecule has 2 N–H and O–H groups in total. The Morgan fingerprint density at radius 1 is 1.28 bits per heavy atom. The quantitative estimate of drug-likeness (QED) is 0.779. The highest BCUT2D eigenvalue weighted by molar-refractivity contribution is 7.14. The molecule has 7 heteroatoms. The van der Waals surface area contributed by atoms with E-state index in [1.807, 2.05) is 35.2 Å². The summed E-state index contributed by atoms with van der Waals surface area (Å²) >= 11 is 1.37. The molecule has 3 heterocycles. The number of hydrogen-bond donors (Lipinski definition) is 1. The van der Waals surface area contributed by atoms with E-state index >= 15 is 0 Å². The number of benzene rings is 1. The number of nitrogens with two attached hydrogens (primary N) is 1. The lowest BCUT2D eigenvalue weighted by Crippen LogP contribution is -2.31. The zero-order chi connectivity index (χ0) is 17.4. The number of carbonyl (C=O) groups is 2. The number of amides is 2. The van der Waals surface area contributed by atoms with Gasteiger partial charge in [-0.05, 0) is 37.1 Å². The lowest BCUT2D eigenvalue weighted by atomic mass is 10.1. The van der Waals surface area contributed by atoms with Crippen LogP contribution in [0, 0.1) is 0 Å². The standard InChI is InChI=1S/C18H17N3O3S/c19-18(23)16-8-7-15(25-16)13-5-3-9-21(13)17(22)10-12-11-4-1-2-6-14(11)24-20-12/h1-2,4,6-8,13H,3,5,9-10H2,(H2,19,23). The molecular weight excluding hydrogens is 338 g/mol. The normalized spacial score (nSPS) is 17.3. The number of para-hydroxylation sites is 1. The molecular formula is C18H17N3O3S. The second-order valence-electron chi connectivity index (χ2n) is 6.11. The van der Waals surface area contributed by atoms with E-state index in [2.05, 4.69) is 5.16 Å². The van der Waals surface area contributed by atoms with Crippen LogP contribution in [0.4, 0.5) is 0 Å². The van der Waals surface area contributed by atoms with E-state index in [1.165, 1.54) is 11.3 Å². The summed E-state index contributed by atoms with van der Waals surface area (Å²) in [7, 11) is 0. The summed E-state index contributed by atoms with van der Waals surface area (Å²) in [5.74, 6) is -0.406. The zero-order valence-corrected chi connectivity index (χ0v) is 14.3. The third-order valence-corrected chi connectivity index (χ3v) is 5.74. The van der Waals surface area contributed by atoms with E-state index < -0.39 is 5.91 Å². The third-order valence-electron chi connectivity index (χ3n) is 4.54. The fraction of sp³-hybridized carbons (Fsp3) is 0.278. The van der Waals surface area contributed by atoms with Crippen LogP contribution < -0.4 is 5.73 Å². The molecule has 0 radical (unpaired) electrons. The molecule has 1 aliphatic heterocycles. The van der Waals surface area contributed by atoms with Gasteiger partial charge >= 0.3 is 0 Å². The number of thiophene rings is 1. The lowest BCUT2D eigenvalue weighted by Gasteiger charge is -2.23. The van der Waals surface area contributed by atoms with Gasteiger partial charge in [-0.3, -0.25) is 9.59 Å². The molecule has 2 amide bonds. The average molecular weight is 355 g/mol. The maximum Gasteiger partial charge on any atom is 0.258 e. The molecule has 1 fully saturated rings. The molecule has 25 heavy (non-hydrogen) atoms. The summed E-state index contributed by atoms with van der Waals surface area (Å²) in [5, 5.41) is 4.92. The summed E-state index contributed by atoms with van der Waals surface area (Å²) in [6.45, 7) is 0.711. The number of hydrogen-bond acceptors (Lipinski definition) is 5. The monoisotopic (exact) mass is 355 g/mol. The summed E-state index contributed by atoms with van der Waals surface area (Å²) in [4.78, 5) is 27.6.